The molecule has 21 heavy (non-hydrogen) atoms. The number of hydrogen-bond donors (Lipinski definition) is 2. The molecule has 2 N–H and O–H groups in total. The first-order valence-electron chi connectivity index (χ1n) is 5.95. The van der Waals surface area contributed by atoms with Crippen LogP contribution in [0.2, 0.25) is 0 Å². The summed E-state index contributed by atoms with van der Waals surface area (Å²) in [6, 6.07) is 8.69. The zero-order chi connectivity index (χ0) is 15.4. The van der Waals surface area contributed by atoms with E-state index in [1.54, 1.807) is 12.1 Å². The summed E-state index contributed by atoms with van der Waals surface area (Å²) in [6.07, 6.45) is 0. The smallest absolute Gasteiger partial charge is 0.335 e. The van der Waals surface area contributed by atoms with Gasteiger partial charge >= 0.3 is 11.9 Å². The summed E-state index contributed by atoms with van der Waals surface area (Å²) in [5, 5.41) is 18.1. The summed E-state index contributed by atoms with van der Waals surface area (Å²) in [7, 11) is -2.90. The zero-order valence-corrected chi connectivity index (χ0v) is 11.5. The summed E-state index contributed by atoms with van der Waals surface area (Å²) < 4.78 is 12.9. The van der Waals surface area contributed by atoms with Crippen molar-refractivity contribution in [2.24, 2.45) is 0 Å². The van der Waals surface area contributed by atoms with Gasteiger partial charge in [-0.1, -0.05) is 12.1 Å². The number of fused-ring (bicyclic) bond motifs is 3. The Morgan fingerprint density at radius 3 is 1.57 bits per heavy atom. The second-order valence-corrected chi connectivity index (χ2v) is 6.94. The van der Waals surface area contributed by atoms with E-state index in [-0.39, 0.29) is 11.1 Å². The van der Waals surface area contributed by atoms with Gasteiger partial charge in [0.05, 0.1) is 11.1 Å². The van der Waals surface area contributed by atoms with Gasteiger partial charge in [-0.05, 0) is 41.3 Å². The molecule has 0 atom stereocenters. The van der Waals surface area contributed by atoms with Gasteiger partial charge in [0.25, 0.3) is 0 Å². The van der Waals surface area contributed by atoms with Crippen molar-refractivity contribution in [2.45, 2.75) is 9.79 Å². The third kappa shape index (κ3) is 1.84. The molecule has 3 rings (SSSR count). The Balaban J connectivity index is 2.32. The predicted molar refractivity (Wildman–Crippen MR) is 77.6 cm³/mol. The third-order valence-corrected chi connectivity index (χ3v) is 5.55. The minimum atomic E-state index is -2.90. The standard InChI is InChI=1S/C15H10O5S/c1-21(20)12-6-8(14(16)17)2-4-10(12)11-5-3-9(15(18)19)7-13(11)21/h2-7H,1H2,(H,16,17)(H,18,19). The summed E-state index contributed by atoms with van der Waals surface area (Å²) in [6.45, 7) is 0. The first-order chi connectivity index (χ1) is 9.82. The fraction of sp³-hybridized carbons (Fsp3) is 0. The fourth-order valence-corrected chi connectivity index (χ4v) is 4.36. The minimum Gasteiger partial charge on any atom is -0.478 e. The number of aromatic carboxylic acids is 2. The largest absolute Gasteiger partial charge is 0.478 e. The number of benzene rings is 2. The number of rotatable bonds is 2. The van der Waals surface area contributed by atoms with Gasteiger partial charge in [0.15, 0.2) is 0 Å². The third-order valence-electron chi connectivity index (χ3n) is 3.46. The van der Waals surface area contributed by atoms with Crippen molar-refractivity contribution in [1.82, 2.24) is 0 Å². The van der Waals surface area contributed by atoms with Crippen molar-refractivity contribution < 1.29 is 24.0 Å². The van der Waals surface area contributed by atoms with Gasteiger partial charge in [-0.2, -0.15) is 0 Å². The Morgan fingerprint density at radius 1 is 0.857 bits per heavy atom. The Kier molecular flexibility index (Phi) is 2.67. The highest BCUT2D eigenvalue weighted by Crippen LogP contribution is 2.43. The second kappa shape index (κ2) is 4.20. The molecule has 2 aromatic rings. The van der Waals surface area contributed by atoms with E-state index in [0.717, 1.165) is 0 Å². The van der Waals surface area contributed by atoms with E-state index >= 15 is 0 Å². The molecule has 2 aromatic carbocycles. The quantitative estimate of drug-likeness (QED) is 0.708. The Morgan fingerprint density at radius 2 is 1.24 bits per heavy atom. The number of carbonyl (C=O) groups is 2. The summed E-state index contributed by atoms with van der Waals surface area (Å²) >= 11 is 0. The first-order valence-corrected chi connectivity index (χ1v) is 7.67. The van der Waals surface area contributed by atoms with Gasteiger partial charge in [-0.25, -0.2) is 9.59 Å². The molecular weight excluding hydrogens is 292 g/mol. The summed E-state index contributed by atoms with van der Waals surface area (Å²) in [5.41, 5.74) is 1.31. The van der Waals surface area contributed by atoms with Crippen LogP contribution in [0, 0.1) is 0 Å². The average Bonchev–Trinajstić information content (AvgIpc) is 2.67. The summed E-state index contributed by atoms with van der Waals surface area (Å²) in [4.78, 5) is 22.7. The second-order valence-electron chi connectivity index (χ2n) is 4.71. The van der Waals surface area contributed by atoms with Gasteiger partial charge in [0.1, 0.15) is 0 Å². The average molecular weight is 302 g/mol. The Bertz CT molecular complexity index is 840. The number of hydrogen-bond acceptors (Lipinski definition) is 3. The van der Waals surface area contributed by atoms with Gasteiger partial charge in [-0.3, -0.25) is 4.21 Å². The highest BCUT2D eigenvalue weighted by atomic mass is 32.2. The van der Waals surface area contributed by atoms with Gasteiger partial charge in [0.2, 0.25) is 0 Å². The maximum Gasteiger partial charge on any atom is 0.335 e. The maximum atomic E-state index is 12.9. The van der Waals surface area contributed by atoms with E-state index in [4.69, 9.17) is 10.2 Å². The predicted octanol–water partition coefficient (Wildman–Crippen LogP) is 2.20. The molecule has 1 aliphatic heterocycles. The van der Waals surface area contributed by atoms with E-state index < -0.39 is 21.5 Å². The van der Waals surface area contributed by atoms with Crippen LogP contribution in [-0.2, 0) is 9.52 Å². The van der Waals surface area contributed by atoms with Crippen LogP contribution in [0.15, 0.2) is 46.2 Å². The van der Waals surface area contributed by atoms with Crippen molar-refractivity contribution in [3.8, 4) is 11.1 Å². The first kappa shape index (κ1) is 13.4. The van der Waals surface area contributed by atoms with E-state index in [0.29, 0.717) is 20.9 Å². The molecule has 106 valence electrons. The van der Waals surface area contributed by atoms with E-state index in [9.17, 15) is 13.8 Å². The lowest BCUT2D eigenvalue weighted by molar-refractivity contribution is 0.0686. The van der Waals surface area contributed by atoms with E-state index in [2.05, 4.69) is 5.87 Å². The van der Waals surface area contributed by atoms with Crippen LogP contribution < -0.4 is 0 Å². The van der Waals surface area contributed by atoms with Crippen molar-refractivity contribution in [1.29, 1.82) is 0 Å². The lowest BCUT2D eigenvalue weighted by Crippen LogP contribution is -2.02. The Hall–Kier alpha value is -2.60. The van der Waals surface area contributed by atoms with Crippen LogP contribution in [0.1, 0.15) is 20.7 Å². The molecule has 5 nitrogen and oxygen atoms in total. The molecule has 6 heteroatoms. The number of carboxylic acid groups (broad SMARTS) is 2. The van der Waals surface area contributed by atoms with Gasteiger partial charge in [0, 0.05) is 19.3 Å². The highest BCUT2D eigenvalue weighted by molar-refractivity contribution is 8.01. The molecule has 0 radical (unpaired) electrons. The molecule has 0 saturated carbocycles. The lowest BCUT2D eigenvalue weighted by atomic mass is 10.0. The van der Waals surface area contributed by atoms with Gasteiger partial charge in [-0.15, -0.1) is 0 Å². The van der Waals surface area contributed by atoms with Crippen molar-refractivity contribution >= 4 is 27.3 Å². The minimum absolute atomic E-state index is 0.0244. The molecule has 0 fully saturated rings. The normalized spacial score (nSPS) is 14.3. The van der Waals surface area contributed by atoms with Crippen molar-refractivity contribution in [3.05, 3.63) is 47.5 Å². The van der Waals surface area contributed by atoms with Crippen LogP contribution in [-0.4, -0.2) is 32.2 Å². The molecule has 0 aromatic heterocycles. The monoisotopic (exact) mass is 302 g/mol. The molecule has 0 unspecified atom stereocenters. The molecule has 1 aliphatic rings. The Labute approximate surface area is 120 Å². The molecule has 0 saturated heterocycles. The molecule has 0 spiro atoms. The van der Waals surface area contributed by atoms with E-state index in [1.165, 1.54) is 24.3 Å². The lowest BCUT2D eigenvalue weighted by Gasteiger charge is -2.05. The SMILES string of the molecule is C=S1(=O)c2cc(C(=O)O)ccc2-c2ccc(C(=O)O)cc21. The topological polar surface area (TPSA) is 91.7 Å². The number of carboxylic acids is 2. The van der Waals surface area contributed by atoms with Gasteiger partial charge < -0.3 is 10.2 Å². The van der Waals surface area contributed by atoms with E-state index in [1.807, 2.05) is 0 Å². The highest BCUT2D eigenvalue weighted by Gasteiger charge is 2.29. The molecule has 0 bridgehead atoms. The van der Waals surface area contributed by atoms with Crippen LogP contribution >= 0.6 is 0 Å². The molecule has 1 heterocycles. The fourth-order valence-electron chi connectivity index (χ4n) is 2.42. The van der Waals surface area contributed by atoms with Crippen LogP contribution in [0.5, 0.6) is 0 Å². The van der Waals surface area contributed by atoms with Crippen LogP contribution in [0.4, 0.5) is 0 Å². The molecule has 0 aliphatic carbocycles. The maximum absolute atomic E-state index is 12.9. The summed E-state index contributed by atoms with van der Waals surface area (Å²) in [5.74, 6) is 1.46. The van der Waals surface area contributed by atoms with Crippen molar-refractivity contribution in [2.75, 3.05) is 0 Å². The molecular formula is C15H10O5S. The van der Waals surface area contributed by atoms with Crippen molar-refractivity contribution in [3.63, 3.8) is 0 Å². The van der Waals surface area contributed by atoms with Crippen LogP contribution in [0.25, 0.3) is 11.1 Å². The molecule has 0 amide bonds. The zero-order valence-electron chi connectivity index (χ0n) is 10.7. The van der Waals surface area contributed by atoms with Crippen LogP contribution in [0.3, 0.4) is 0 Å².